The molecule has 0 saturated carbocycles. The van der Waals surface area contributed by atoms with Crippen LogP contribution in [0.1, 0.15) is 25.2 Å². The second-order valence-corrected chi connectivity index (χ2v) is 6.16. The Morgan fingerprint density at radius 3 is 2.90 bits per heavy atom. The number of benzene rings is 1. The molecule has 3 rings (SSSR count). The Kier molecular flexibility index (Phi) is 4.36. The Morgan fingerprint density at radius 2 is 2.14 bits per heavy atom. The van der Waals surface area contributed by atoms with Crippen LogP contribution in [0, 0.1) is 0 Å². The molecule has 0 saturated heterocycles. The molecule has 1 unspecified atom stereocenters. The van der Waals surface area contributed by atoms with Crippen molar-refractivity contribution in [2.75, 3.05) is 0 Å². The lowest BCUT2D eigenvalue weighted by Gasteiger charge is -2.13. The highest BCUT2D eigenvalue weighted by Crippen LogP contribution is 2.16. The van der Waals surface area contributed by atoms with Crippen molar-refractivity contribution in [3.8, 4) is 0 Å². The first-order valence-electron chi connectivity index (χ1n) is 7.46. The van der Waals surface area contributed by atoms with Crippen molar-refractivity contribution in [3.63, 3.8) is 0 Å². The largest absolute Gasteiger partial charge is 0.327 e. The van der Waals surface area contributed by atoms with Gasteiger partial charge in [-0.05, 0) is 54.8 Å². The summed E-state index contributed by atoms with van der Waals surface area (Å²) in [4.78, 5) is 4.76. The Bertz CT molecular complexity index is 700. The van der Waals surface area contributed by atoms with Gasteiger partial charge in [-0.25, -0.2) is 4.98 Å². The maximum absolute atomic E-state index is 4.76. The van der Waals surface area contributed by atoms with Crippen LogP contribution >= 0.6 is 11.3 Å². The zero-order chi connectivity index (χ0) is 14.7. The fourth-order valence-corrected chi connectivity index (χ4v) is 3.39. The Morgan fingerprint density at radius 1 is 1.29 bits per heavy atom. The molecule has 2 aromatic heterocycles. The minimum atomic E-state index is 0.449. The fraction of sp³-hybridized carbons (Fsp3) is 0.353. The smallest absolute Gasteiger partial charge is 0.123 e. The second-order valence-electron chi connectivity index (χ2n) is 5.38. The molecule has 1 aromatic carbocycles. The van der Waals surface area contributed by atoms with Crippen molar-refractivity contribution < 1.29 is 0 Å². The first kappa shape index (κ1) is 14.3. The molecule has 0 aliphatic carbocycles. The number of thiophene rings is 1. The molecular weight excluding hydrogens is 278 g/mol. The zero-order valence-corrected chi connectivity index (χ0v) is 13.4. The highest BCUT2D eigenvalue weighted by Gasteiger charge is 2.10. The second kappa shape index (κ2) is 6.41. The van der Waals surface area contributed by atoms with Crippen molar-refractivity contribution in [1.29, 1.82) is 0 Å². The van der Waals surface area contributed by atoms with Gasteiger partial charge in [-0.15, -0.1) is 0 Å². The molecule has 1 atom stereocenters. The van der Waals surface area contributed by atoms with E-state index in [1.165, 1.54) is 11.1 Å². The maximum Gasteiger partial charge on any atom is 0.123 e. The summed E-state index contributed by atoms with van der Waals surface area (Å²) < 4.78 is 2.29. The van der Waals surface area contributed by atoms with Crippen molar-refractivity contribution in [2.45, 2.75) is 39.4 Å². The summed E-state index contributed by atoms with van der Waals surface area (Å²) in [7, 11) is 0. The van der Waals surface area contributed by atoms with E-state index in [0.717, 1.165) is 30.9 Å². The third-order valence-electron chi connectivity index (χ3n) is 3.78. The van der Waals surface area contributed by atoms with Gasteiger partial charge in [0, 0.05) is 12.6 Å². The van der Waals surface area contributed by atoms with Crippen LogP contribution in [0.2, 0.25) is 0 Å². The van der Waals surface area contributed by atoms with E-state index in [1.54, 1.807) is 11.3 Å². The predicted octanol–water partition coefficient (Wildman–Crippen LogP) is 3.84. The van der Waals surface area contributed by atoms with Crippen LogP contribution in [0.3, 0.4) is 0 Å². The zero-order valence-electron chi connectivity index (χ0n) is 12.5. The summed E-state index contributed by atoms with van der Waals surface area (Å²) in [6, 6.07) is 11.0. The Labute approximate surface area is 129 Å². The fourth-order valence-electron chi connectivity index (χ4n) is 2.71. The monoisotopic (exact) mass is 299 g/mol. The first-order chi connectivity index (χ1) is 10.3. The third-order valence-corrected chi connectivity index (χ3v) is 4.51. The molecule has 0 bridgehead atoms. The maximum atomic E-state index is 4.76. The van der Waals surface area contributed by atoms with Gasteiger partial charge in [0.2, 0.25) is 0 Å². The van der Waals surface area contributed by atoms with Crippen LogP contribution in [0.4, 0.5) is 0 Å². The third kappa shape index (κ3) is 3.17. The Balaban J connectivity index is 1.70. The molecule has 0 aliphatic heterocycles. The van der Waals surface area contributed by atoms with Crippen molar-refractivity contribution >= 4 is 22.4 Å². The van der Waals surface area contributed by atoms with E-state index in [-0.39, 0.29) is 0 Å². The van der Waals surface area contributed by atoms with Crippen LogP contribution in [0.5, 0.6) is 0 Å². The highest BCUT2D eigenvalue weighted by molar-refractivity contribution is 7.07. The Hall–Kier alpha value is -1.65. The van der Waals surface area contributed by atoms with Crippen LogP contribution in [0.25, 0.3) is 11.0 Å². The topological polar surface area (TPSA) is 29.9 Å². The highest BCUT2D eigenvalue weighted by atomic mass is 32.1. The standard InChI is InChI=1S/C17H21N3S/c1-3-20-16-7-5-4-6-15(16)19-17(20)11-18-13(2)10-14-8-9-21-12-14/h4-9,12-13,18H,3,10-11H2,1-2H3. The molecule has 0 amide bonds. The van der Waals surface area contributed by atoms with E-state index in [4.69, 9.17) is 4.98 Å². The van der Waals surface area contributed by atoms with Gasteiger partial charge in [0.15, 0.2) is 0 Å². The van der Waals surface area contributed by atoms with Gasteiger partial charge >= 0.3 is 0 Å². The number of hydrogen-bond acceptors (Lipinski definition) is 3. The van der Waals surface area contributed by atoms with E-state index >= 15 is 0 Å². The minimum Gasteiger partial charge on any atom is -0.327 e. The van der Waals surface area contributed by atoms with Gasteiger partial charge in [-0.1, -0.05) is 12.1 Å². The van der Waals surface area contributed by atoms with E-state index in [9.17, 15) is 0 Å². The van der Waals surface area contributed by atoms with Gasteiger partial charge in [-0.3, -0.25) is 0 Å². The number of fused-ring (bicyclic) bond motifs is 1. The number of hydrogen-bond donors (Lipinski definition) is 1. The van der Waals surface area contributed by atoms with E-state index < -0.39 is 0 Å². The van der Waals surface area contributed by atoms with Crippen molar-refractivity contribution in [2.24, 2.45) is 0 Å². The normalized spacial score (nSPS) is 12.9. The summed E-state index contributed by atoms with van der Waals surface area (Å²) in [5.41, 5.74) is 3.72. The molecule has 0 fully saturated rings. The van der Waals surface area contributed by atoms with Gasteiger partial charge in [0.1, 0.15) is 5.82 Å². The lowest BCUT2D eigenvalue weighted by molar-refractivity contribution is 0.522. The van der Waals surface area contributed by atoms with Gasteiger partial charge < -0.3 is 9.88 Å². The summed E-state index contributed by atoms with van der Waals surface area (Å²) in [5.74, 6) is 1.12. The quantitative estimate of drug-likeness (QED) is 0.749. The average Bonchev–Trinajstić information content (AvgIpc) is 3.11. The molecule has 21 heavy (non-hydrogen) atoms. The average molecular weight is 299 g/mol. The number of nitrogens with one attached hydrogen (secondary N) is 1. The molecule has 0 radical (unpaired) electrons. The number of rotatable bonds is 6. The van der Waals surface area contributed by atoms with E-state index in [2.05, 4.69) is 58.8 Å². The molecule has 3 nitrogen and oxygen atoms in total. The minimum absolute atomic E-state index is 0.449. The summed E-state index contributed by atoms with van der Waals surface area (Å²) >= 11 is 1.76. The molecule has 3 aromatic rings. The number of nitrogens with zero attached hydrogens (tertiary/aromatic N) is 2. The summed E-state index contributed by atoms with van der Waals surface area (Å²) in [5, 5.41) is 7.95. The van der Waals surface area contributed by atoms with Gasteiger partial charge in [0.05, 0.1) is 17.6 Å². The molecule has 2 heterocycles. The van der Waals surface area contributed by atoms with Gasteiger partial charge in [-0.2, -0.15) is 11.3 Å². The van der Waals surface area contributed by atoms with Crippen molar-refractivity contribution in [1.82, 2.24) is 14.9 Å². The number of imidazole rings is 1. The molecule has 110 valence electrons. The lowest BCUT2D eigenvalue weighted by Crippen LogP contribution is -2.28. The van der Waals surface area contributed by atoms with Gasteiger partial charge in [0.25, 0.3) is 0 Å². The molecular formula is C17H21N3S. The molecule has 0 aliphatic rings. The van der Waals surface area contributed by atoms with Crippen LogP contribution in [0.15, 0.2) is 41.1 Å². The lowest BCUT2D eigenvalue weighted by atomic mass is 10.1. The van der Waals surface area contributed by atoms with Crippen LogP contribution < -0.4 is 5.32 Å². The SMILES string of the molecule is CCn1c(CNC(C)Cc2ccsc2)nc2ccccc21. The predicted molar refractivity (Wildman–Crippen MR) is 89.7 cm³/mol. The van der Waals surface area contributed by atoms with E-state index in [1.807, 2.05) is 6.07 Å². The number of para-hydroxylation sites is 2. The molecule has 1 N–H and O–H groups in total. The molecule has 4 heteroatoms. The van der Waals surface area contributed by atoms with Crippen molar-refractivity contribution in [3.05, 3.63) is 52.5 Å². The molecule has 0 spiro atoms. The first-order valence-corrected chi connectivity index (χ1v) is 8.40. The number of aromatic nitrogens is 2. The van der Waals surface area contributed by atoms with Crippen LogP contribution in [-0.2, 0) is 19.5 Å². The summed E-state index contributed by atoms with van der Waals surface area (Å²) in [6.45, 7) is 6.17. The van der Waals surface area contributed by atoms with E-state index in [0.29, 0.717) is 6.04 Å². The summed E-state index contributed by atoms with van der Waals surface area (Å²) in [6.07, 6.45) is 1.07. The van der Waals surface area contributed by atoms with Crippen LogP contribution in [-0.4, -0.2) is 15.6 Å². The number of aryl methyl sites for hydroxylation is 1.